The smallest absolute Gasteiger partial charge is 0.408 e. The molecule has 0 saturated carbocycles. The maximum atomic E-state index is 13.6. The number of carbonyl (C=O) groups is 3. The number of likely N-dealkylation sites (tertiary alicyclic amines) is 1. The summed E-state index contributed by atoms with van der Waals surface area (Å²) in [5.41, 5.74) is 5.38. The Morgan fingerprint density at radius 2 is 1.75 bits per heavy atom. The number of nitrogens with zero attached hydrogens (tertiary/aromatic N) is 4. The second-order valence-corrected chi connectivity index (χ2v) is 13.3. The molecule has 2 fully saturated rings. The summed E-state index contributed by atoms with van der Waals surface area (Å²) in [5, 5.41) is 6.78. The van der Waals surface area contributed by atoms with Crippen LogP contribution in [0.15, 0.2) is 28.8 Å². The van der Waals surface area contributed by atoms with Crippen molar-refractivity contribution in [3.8, 4) is 5.75 Å². The third kappa shape index (κ3) is 8.63. The number of hydrogen-bond acceptors (Lipinski definition) is 9. The quantitative estimate of drug-likeness (QED) is 0.372. The van der Waals surface area contributed by atoms with Gasteiger partial charge in [0.25, 0.3) is 5.91 Å². The van der Waals surface area contributed by atoms with Crippen molar-refractivity contribution in [3.63, 3.8) is 0 Å². The van der Waals surface area contributed by atoms with Crippen molar-refractivity contribution in [2.24, 2.45) is 17.6 Å². The summed E-state index contributed by atoms with van der Waals surface area (Å²) >= 11 is 0. The highest BCUT2D eigenvalue weighted by atomic mass is 16.6. The summed E-state index contributed by atoms with van der Waals surface area (Å²) in [7, 11) is 0. The number of rotatable bonds is 11. The molecule has 1 aromatic carbocycles. The van der Waals surface area contributed by atoms with Crippen LogP contribution in [0, 0.1) is 11.8 Å². The van der Waals surface area contributed by atoms with E-state index in [1.54, 1.807) is 45.0 Å². The van der Waals surface area contributed by atoms with Gasteiger partial charge in [-0.1, -0.05) is 38.1 Å². The van der Waals surface area contributed by atoms with Crippen LogP contribution < -0.4 is 20.7 Å². The van der Waals surface area contributed by atoms with Gasteiger partial charge in [-0.2, -0.15) is 4.98 Å². The molecular weight excluding hydrogens is 564 g/mol. The first kappa shape index (κ1) is 33.1. The number of hydrogen-bond donors (Lipinski definition) is 2. The van der Waals surface area contributed by atoms with Gasteiger partial charge < -0.3 is 34.8 Å². The van der Waals surface area contributed by atoms with Gasteiger partial charge in [-0.05, 0) is 82.4 Å². The molecule has 2 unspecified atom stereocenters. The molecule has 12 heteroatoms. The molecule has 2 aromatic rings. The molecule has 44 heavy (non-hydrogen) atoms. The number of alkyl carbamates (subject to hydrolysis) is 1. The number of nitrogens with one attached hydrogen (secondary N) is 1. The minimum Gasteiger partial charge on any atom is -0.494 e. The van der Waals surface area contributed by atoms with E-state index < -0.39 is 35.6 Å². The molecule has 0 bridgehead atoms. The second kappa shape index (κ2) is 14.3. The van der Waals surface area contributed by atoms with Gasteiger partial charge >= 0.3 is 12.1 Å². The summed E-state index contributed by atoms with van der Waals surface area (Å²) < 4.78 is 16.9. The van der Waals surface area contributed by atoms with Crippen LogP contribution in [0.4, 0.5) is 10.8 Å². The number of carbonyl (C=O) groups excluding carboxylic acids is 3. The summed E-state index contributed by atoms with van der Waals surface area (Å²) in [6.07, 6.45) is 3.48. The van der Waals surface area contributed by atoms with Crippen LogP contribution in [0.25, 0.3) is 0 Å². The van der Waals surface area contributed by atoms with Crippen LogP contribution in [0.2, 0.25) is 0 Å². The van der Waals surface area contributed by atoms with E-state index in [2.05, 4.69) is 41.1 Å². The van der Waals surface area contributed by atoms with Gasteiger partial charge in [0, 0.05) is 25.6 Å². The number of amides is 3. The summed E-state index contributed by atoms with van der Waals surface area (Å²) in [6.45, 7) is 14.4. The van der Waals surface area contributed by atoms with Crippen molar-refractivity contribution in [2.75, 3.05) is 31.1 Å². The molecule has 3 atom stereocenters. The van der Waals surface area contributed by atoms with E-state index in [1.165, 1.54) is 4.90 Å². The molecule has 2 aliphatic rings. The van der Waals surface area contributed by atoms with Crippen molar-refractivity contribution < 1.29 is 28.4 Å². The van der Waals surface area contributed by atoms with E-state index in [0.29, 0.717) is 55.2 Å². The summed E-state index contributed by atoms with van der Waals surface area (Å²) in [6, 6.07) is 5.98. The monoisotopic (exact) mass is 612 g/mol. The van der Waals surface area contributed by atoms with Crippen LogP contribution in [-0.4, -0.2) is 70.8 Å². The Morgan fingerprint density at radius 1 is 1.07 bits per heavy atom. The maximum Gasteiger partial charge on any atom is 0.408 e. The minimum atomic E-state index is -1.03. The standard InChI is InChI=1S/C32H48N6O6/c1-20(2)28-35-30(44-36-28)37-17-13-22(14-18-37)21(3)15-19-42-24-11-9-23(10-12-24)26(34-31(41)43-32(4,5)6)29(40)38-16-7-8-25(38)27(33)39/h9-12,20-22,25-26H,7-8,13-19H2,1-6H3,(H2,33,39)(H,34,41)/t21?,25?,26-/m0/s1. The second-order valence-electron chi connectivity index (χ2n) is 13.3. The van der Waals surface area contributed by atoms with Gasteiger partial charge in [0.15, 0.2) is 5.82 Å². The topological polar surface area (TPSA) is 153 Å². The SMILES string of the molecule is CC(C)c1noc(N2CCC(C(C)CCOc3ccc([C@H](NC(=O)OC(C)(C)C)C(=O)N4CCCC4C(N)=O)cc3)CC2)n1. The molecule has 242 valence electrons. The first-order valence-corrected chi connectivity index (χ1v) is 15.7. The fourth-order valence-electron chi connectivity index (χ4n) is 5.81. The van der Waals surface area contributed by atoms with Crippen molar-refractivity contribution in [1.82, 2.24) is 20.4 Å². The molecule has 12 nitrogen and oxygen atoms in total. The van der Waals surface area contributed by atoms with Gasteiger partial charge in [0.1, 0.15) is 23.4 Å². The predicted molar refractivity (Wildman–Crippen MR) is 165 cm³/mol. The zero-order valence-corrected chi connectivity index (χ0v) is 26.9. The van der Waals surface area contributed by atoms with Gasteiger partial charge in [0.05, 0.1) is 6.61 Å². The highest BCUT2D eigenvalue weighted by Gasteiger charge is 2.38. The fourth-order valence-corrected chi connectivity index (χ4v) is 5.81. The van der Waals surface area contributed by atoms with E-state index in [-0.39, 0.29) is 5.92 Å². The van der Waals surface area contributed by atoms with Crippen molar-refractivity contribution in [3.05, 3.63) is 35.7 Å². The zero-order chi connectivity index (χ0) is 32.0. The van der Waals surface area contributed by atoms with Crippen molar-refractivity contribution >= 4 is 23.9 Å². The fraction of sp³-hybridized carbons (Fsp3) is 0.656. The molecule has 4 rings (SSSR count). The van der Waals surface area contributed by atoms with Crippen molar-refractivity contribution in [1.29, 1.82) is 0 Å². The molecule has 3 amide bonds. The van der Waals surface area contributed by atoms with E-state index in [0.717, 1.165) is 38.2 Å². The number of benzene rings is 1. The third-order valence-electron chi connectivity index (χ3n) is 8.39. The Labute approximate surface area is 260 Å². The lowest BCUT2D eigenvalue weighted by Gasteiger charge is -2.33. The van der Waals surface area contributed by atoms with E-state index in [1.807, 2.05) is 0 Å². The van der Waals surface area contributed by atoms with Crippen LogP contribution in [0.5, 0.6) is 5.75 Å². The minimum absolute atomic E-state index is 0.241. The third-order valence-corrected chi connectivity index (χ3v) is 8.39. The molecule has 0 aliphatic carbocycles. The van der Waals surface area contributed by atoms with Crippen LogP contribution in [0.1, 0.15) is 97.0 Å². The lowest BCUT2D eigenvalue weighted by Crippen LogP contribution is -2.49. The van der Waals surface area contributed by atoms with Gasteiger partial charge in [0.2, 0.25) is 5.91 Å². The molecule has 0 radical (unpaired) electrons. The molecule has 3 heterocycles. The first-order valence-electron chi connectivity index (χ1n) is 15.7. The Hall–Kier alpha value is -3.83. The summed E-state index contributed by atoms with van der Waals surface area (Å²) in [4.78, 5) is 46.4. The average Bonchev–Trinajstić information content (AvgIpc) is 3.66. The van der Waals surface area contributed by atoms with Gasteiger partial charge in [-0.3, -0.25) is 9.59 Å². The molecule has 2 aliphatic heterocycles. The van der Waals surface area contributed by atoms with Gasteiger partial charge in [-0.25, -0.2) is 4.79 Å². The first-order chi connectivity index (χ1) is 20.8. The van der Waals surface area contributed by atoms with E-state index in [9.17, 15) is 14.4 Å². The van der Waals surface area contributed by atoms with E-state index >= 15 is 0 Å². The normalized spacial score (nSPS) is 19.1. The largest absolute Gasteiger partial charge is 0.494 e. The lowest BCUT2D eigenvalue weighted by atomic mass is 9.84. The maximum absolute atomic E-state index is 13.6. The highest BCUT2D eigenvalue weighted by Crippen LogP contribution is 2.30. The number of aromatic nitrogens is 2. The van der Waals surface area contributed by atoms with Crippen LogP contribution >= 0.6 is 0 Å². The van der Waals surface area contributed by atoms with Gasteiger partial charge in [-0.15, -0.1) is 0 Å². The number of anilines is 1. The molecule has 0 spiro atoms. The number of primary amides is 1. The molecule has 1 aromatic heterocycles. The Bertz CT molecular complexity index is 1260. The predicted octanol–water partition coefficient (Wildman–Crippen LogP) is 4.56. The Balaban J connectivity index is 1.31. The average molecular weight is 613 g/mol. The van der Waals surface area contributed by atoms with Crippen molar-refractivity contribution in [2.45, 2.75) is 97.2 Å². The summed E-state index contributed by atoms with van der Waals surface area (Å²) in [5.74, 6) is 1.78. The van der Waals surface area contributed by atoms with Crippen LogP contribution in [-0.2, 0) is 14.3 Å². The lowest BCUT2D eigenvalue weighted by molar-refractivity contribution is -0.139. The Morgan fingerprint density at radius 3 is 2.34 bits per heavy atom. The zero-order valence-electron chi connectivity index (χ0n) is 26.9. The highest BCUT2D eigenvalue weighted by molar-refractivity contribution is 5.92. The molecular formula is C32H48N6O6. The number of nitrogens with two attached hydrogens (primary N) is 1. The van der Waals surface area contributed by atoms with Crippen LogP contribution in [0.3, 0.4) is 0 Å². The molecule has 3 N–H and O–H groups in total. The Kier molecular flexibility index (Phi) is 10.7. The molecule has 2 saturated heterocycles. The number of ether oxygens (including phenoxy) is 2. The van der Waals surface area contributed by atoms with E-state index in [4.69, 9.17) is 19.7 Å². The number of piperidine rings is 1.